The van der Waals surface area contributed by atoms with Crippen molar-refractivity contribution in [1.29, 1.82) is 0 Å². The summed E-state index contributed by atoms with van der Waals surface area (Å²) in [5, 5.41) is 0. The number of nitrogens with zero attached hydrogens (tertiary/aromatic N) is 1. The second kappa shape index (κ2) is 8.59. The molecule has 1 atom stereocenters. The van der Waals surface area contributed by atoms with Crippen LogP contribution in [0.1, 0.15) is 25.8 Å². The molecule has 0 saturated heterocycles. The Balaban J connectivity index is 2.52. The fourth-order valence-corrected chi connectivity index (χ4v) is 2.03. The van der Waals surface area contributed by atoms with E-state index in [1.807, 2.05) is 44.2 Å². The molecule has 5 heteroatoms. The SMILES string of the molecule is CCN(C(=O)OCc1ccccc1)C(C)CC(=O)CCl. The lowest BCUT2D eigenvalue weighted by Crippen LogP contribution is -2.40. The standard InChI is InChI=1S/C15H20ClNO3/c1-3-17(12(2)9-14(18)10-16)15(19)20-11-13-7-5-4-6-8-13/h4-8,12H,3,9-11H2,1-2H3. The van der Waals surface area contributed by atoms with Gasteiger partial charge in [-0.2, -0.15) is 0 Å². The predicted octanol–water partition coefficient (Wildman–Crippen LogP) is 3.23. The van der Waals surface area contributed by atoms with Gasteiger partial charge in [0, 0.05) is 19.0 Å². The molecule has 1 unspecified atom stereocenters. The summed E-state index contributed by atoms with van der Waals surface area (Å²) in [5.41, 5.74) is 0.932. The van der Waals surface area contributed by atoms with Gasteiger partial charge in [-0.1, -0.05) is 30.3 Å². The lowest BCUT2D eigenvalue weighted by molar-refractivity contribution is -0.117. The number of hydrogen-bond donors (Lipinski definition) is 0. The van der Waals surface area contributed by atoms with E-state index in [1.54, 1.807) is 0 Å². The van der Waals surface area contributed by atoms with Crippen molar-refractivity contribution in [3.05, 3.63) is 35.9 Å². The molecule has 1 amide bonds. The van der Waals surface area contributed by atoms with Crippen molar-refractivity contribution >= 4 is 23.5 Å². The van der Waals surface area contributed by atoms with Crippen molar-refractivity contribution in [3.8, 4) is 0 Å². The quantitative estimate of drug-likeness (QED) is 0.726. The number of amides is 1. The average Bonchev–Trinajstić information content (AvgIpc) is 2.46. The molecule has 4 nitrogen and oxygen atoms in total. The first kappa shape index (κ1) is 16.5. The number of carbonyl (C=O) groups is 2. The first-order chi connectivity index (χ1) is 9.58. The third-order valence-corrected chi connectivity index (χ3v) is 3.28. The summed E-state index contributed by atoms with van der Waals surface area (Å²) < 4.78 is 5.26. The molecule has 1 aromatic rings. The van der Waals surface area contributed by atoms with Gasteiger partial charge in [0.2, 0.25) is 0 Å². The van der Waals surface area contributed by atoms with Crippen LogP contribution in [0.5, 0.6) is 0 Å². The number of halogens is 1. The summed E-state index contributed by atoms with van der Waals surface area (Å²) in [7, 11) is 0. The maximum atomic E-state index is 12.0. The molecule has 0 heterocycles. The Labute approximate surface area is 124 Å². The van der Waals surface area contributed by atoms with Crippen molar-refractivity contribution in [3.63, 3.8) is 0 Å². The van der Waals surface area contributed by atoms with Gasteiger partial charge in [0.05, 0.1) is 5.88 Å². The number of Topliss-reactive ketones (excluding diaryl/α,β-unsaturated/α-hetero) is 1. The number of benzene rings is 1. The molecule has 110 valence electrons. The first-order valence-electron chi connectivity index (χ1n) is 6.63. The van der Waals surface area contributed by atoms with Gasteiger partial charge >= 0.3 is 6.09 Å². The van der Waals surface area contributed by atoms with E-state index in [4.69, 9.17) is 16.3 Å². The number of hydrogen-bond acceptors (Lipinski definition) is 3. The fourth-order valence-electron chi connectivity index (χ4n) is 1.92. The van der Waals surface area contributed by atoms with Gasteiger partial charge in [0.25, 0.3) is 0 Å². The number of ketones is 1. The highest BCUT2D eigenvalue weighted by Gasteiger charge is 2.21. The summed E-state index contributed by atoms with van der Waals surface area (Å²) >= 11 is 5.48. The van der Waals surface area contributed by atoms with Crippen LogP contribution in [0.15, 0.2) is 30.3 Å². The Kier molecular flexibility index (Phi) is 7.09. The zero-order valence-corrected chi connectivity index (χ0v) is 12.6. The van der Waals surface area contributed by atoms with E-state index in [9.17, 15) is 9.59 Å². The van der Waals surface area contributed by atoms with Gasteiger partial charge in [-0.05, 0) is 19.4 Å². The molecule has 0 aliphatic carbocycles. The second-order valence-corrected chi connectivity index (χ2v) is 4.82. The molecule has 0 N–H and O–H groups in total. The maximum Gasteiger partial charge on any atom is 0.410 e. The molecule has 0 aliphatic rings. The number of alkyl halides is 1. The molecule has 0 spiro atoms. The molecule has 0 aliphatic heterocycles. The van der Waals surface area contributed by atoms with Crippen LogP contribution in [0.4, 0.5) is 4.79 Å². The topological polar surface area (TPSA) is 46.6 Å². The molecule has 0 aromatic heterocycles. The molecular formula is C15H20ClNO3. The number of ether oxygens (including phenoxy) is 1. The lowest BCUT2D eigenvalue weighted by atomic mass is 10.1. The van der Waals surface area contributed by atoms with Crippen molar-refractivity contribution in [1.82, 2.24) is 4.90 Å². The summed E-state index contributed by atoms with van der Waals surface area (Å²) in [6, 6.07) is 9.26. The maximum absolute atomic E-state index is 12.0. The van der Waals surface area contributed by atoms with Crippen molar-refractivity contribution in [2.75, 3.05) is 12.4 Å². The summed E-state index contributed by atoms with van der Waals surface area (Å²) in [5.74, 6) is -0.102. The Morgan fingerprint density at radius 2 is 1.95 bits per heavy atom. The highest BCUT2D eigenvalue weighted by molar-refractivity contribution is 6.27. The van der Waals surface area contributed by atoms with Crippen LogP contribution in [0.2, 0.25) is 0 Å². The number of carbonyl (C=O) groups excluding carboxylic acids is 2. The monoisotopic (exact) mass is 297 g/mol. The highest BCUT2D eigenvalue weighted by atomic mass is 35.5. The van der Waals surface area contributed by atoms with E-state index in [0.717, 1.165) is 5.56 Å². The Morgan fingerprint density at radius 1 is 1.30 bits per heavy atom. The molecule has 1 aromatic carbocycles. The smallest absolute Gasteiger partial charge is 0.410 e. The zero-order chi connectivity index (χ0) is 15.0. The third-order valence-electron chi connectivity index (χ3n) is 2.98. The minimum absolute atomic E-state index is 0.0268. The Hall–Kier alpha value is -1.55. The van der Waals surface area contributed by atoms with E-state index >= 15 is 0 Å². The van der Waals surface area contributed by atoms with Crippen LogP contribution in [0.3, 0.4) is 0 Å². The van der Waals surface area contributed by atoms with E-state index in [2.05, 4.69) is 0 Å². The molecule has 0 fully saturated rings. The minimum Gasteiger partial charge on any atom is -0.445 e. The largest absolute Gasteiger partial charge is 0.445 e. The summed E-state index contributed by atoms with van der Waals surface area (Å²) in [6.07, 6.45) is -0.163. The normalized spacial score (nSPS) is 11.8. The van der Waals surface area contributed by atoms with Gasteiger partial charge in [-0.25, -0.2) is 4.79 Å². The average molecular weight is 298 g/mol. The molecule has 20 heavy (non-hydrogen) atoms. The molecule has 0 radical (unpaired) electrons. The van der Waals surface area contributed by atoms with Crippen LogP contribution in [-0.4, -0.2) is 35.2 Å². The minimum atomic E-state index is -0.411. The molecular weight excluding hydrogens is 278 g/mol. The summed E-state index contributed by atoms with van der Waals surface area (Å²) in [6.45, 7) is 4.39. The van der Waals surface area contributed by atoms with Gasteiger partial charge < -0.3 is 9.64 Å². The van der Waals surface area contributed by atoms with Gasteiger partial charge in [0.1, 0.15) is 12.4 Å². The Morgan fingerprint density at radius 3 is 2.50 bits per heavy atom. The van der Waals surface area contributed by atoms with Crippen LogP contribution < -0.4 is 0 Å². The Bertz CT molecular complexity index is 436. The van der Waals surface area contributed by atoms with Gasteiger partial charge in [-0.15, -0.1) is 11.6 Å². The lowest BCUT2D eigenvalue weighted by Gasteiger charge is -2.26. The van der Waals surface area contributed by atoms with E-state index in [1.165, 1.54) is 4.90 Å². The van der Waals surface area contributed by atoms with Crippen LogP contribution in [-0.2, 0) is 16.1 Å². The van der Waals surface area contributed by atoms with Gasteiger partial charge in [-0.3, -0.25) is 4.79 Å². The van der Waals surface area contributed by atoms with Crippen molar-refractivity contribution in [2.24, 2.45) is 0 Å². The molecule has 1 rings (SSSR count). The summed E-state index contributed by atoms with van der Waals surface area (Å²) in [4.78, 5) is 24.9. The first-order valence-corrected chi connectivity index (χ1v) is 7.16. The van der Waals surface area contributed by atoms with Crippen molar-refractivity contribution in [2.45, 2.75) is 32.9 Å². The van der Waals surface area contributed by atoms with Crippen LogP contribution >= 0.6 is 11.6 Å². The molecule has 0 saturated carbocycles. The van der Waals surface area contributed by atoms with Crippen molar-refractivity contribution < 1.29 is 14.3 Å². The van der Waals surface area contributed by atoms with E-state index in [-0.39, 0.29) is 30.7 Å². The fraction of sp³-hybridized carbons (Fsp3) is 0.467. The number of rotatable bonds is 7. The van der Waals surface area contributed by atoms with E-state index < -0.39 is 6.09 Å². The van der Waals surface area contributed by atoms with Crippen LogP contribution in [0, 0.1) is 0 Å². The zero-order valence-electron chi connectivity index (χ0n) is 11.8. The predicted molar refractivity (Wildman–Crippen MR) is 78.8 cm³/mol. The third kappa shape index (κ3) is 5.21. The second-order valence-electron chi connectivity index (χ2n) is 4.55. The highest BCUT2D eigenvalue weighted by Crippen LogP contribution is 2.09. The van der Waals surface area contributed by atoms with E-state index in [0.29, 0.717) is 6.54 Å². The van der Waals surface area contributed by atoms with Gasteiger partial charge in [0.15, 0.2) is 0 Å². The molecule has 0 bridgehead atoms. The van der Waals surface area contributed by atoms with Crippen LogP contribution in [0.25, 0.3) is 0 Å².